The minimum absolute atomic E-state index is 0.0971. The number of hydrogen-bond donors (Lipinski definition) is 1. The van der Waals surface area contributed by atoms with Crippen LogP contribution in [0.2, 0.25) is 0 Å². The fourth-order valence-corrected chi connectivity index (χ4v) is 2.95. The quantitative estimate of drug-likeness (QED) is 0.553. The van der Waals surface area contributed by atoms with Gasteiger partial charge < -0.3 is 5.32 Å². The number of nitrogens with one attached hydrogen (secondary N) is 1. The number of nitrogens with zero attached hydrogens (tertiary/aromatic N) is 7. The van der Waals surface area contributed by atoms with Gasteiger partial charge in [0.05, 0.1) is 18.0 Å². The van der Waals surface area contributed by atoms with Gasteiger partial charge in [-0.15, -0.1) is 0 Å². The maximum atomic E-state index is 12.9. The zero-order valence-corrected chi connectivity index (χ0v) is 15.6. The van der Waals surface area contributed by atoms with E-state index in [1.54, 1.807) is 29.2 Å². The zero-order chi connectivity index (χ0) is 20.5. The molecule has 0 amide bonds. The molecule has 146 valence electrons. The van der Waals surface area contributed by atoms with Crippen LogP contribution in [0.4, 0.5) is 14.5 Å². The molecule has 1 N–H and O–H groups in total. The summed E-state index contributed by atoms with van der Waals surface area (Å²) in [6, 6.07) is 5.62. The van der Waals surface area contributed by atoms with Crippen LogP contribution in [-0.4, -0.2) is 35.6 Å². The summed E-state index contributed by atoms with van der Waals surface area (Å²) in [7, 11) is 0. The SMILES string of the molecule is CC(C)Nc1cc(-n2ncc3cc(C#N)cnc32)ncc1-c1cnn(C(F)F)c1. The molecule has 4 aromatic heterocycles. The zero-order valence-electron chi connectivity index (χ0n) is 15.6. The van der Waals surface area contributed by atoms with Crippen LogP contribution in [0.25, 0.3) is 28.0 Å². The summed E-state index contributed by atoms with van der Waals surface area (Å²) in [5.41, 5.74) is 2.88. The van der Waals surface area contributed by atoms with Crippen molar-refractivity contribution in [2.75, 3.05) is 5.32 Å². The first-order valence-electron chi connectivity index (χ1n) is 8.80. The third-order valence-electron chi connectivity index (χ3n) is 4.20. The average molecular weight is 394 g/mol. The maximum absolute atomic E-state index is 12.9. The van der Waals surface area contributed by atoms with Gasteiger partial charge >= 0.3 is 6.55 Å². The third-order valence-corrected chi connectivity index (χ3v) is 4.20. The summed E-state index contributed by atoms with van der Waals surface area (Å²) in [6.45, 7) is 1.24. The van der Waals surface area contributed by atoms with E-state index in [1.165, 1.54) is 18.6 Å². The molecule has 0 unspecified atom stereocenters. The lowest BCUT2D eigenvalue weighted by Crippen LogP contribution is -2.12. The van der Waals surface area contributed by atoms with Gasteiger partial charge in [0.15, 0.2) is 11.5 Å². The minimum atomic E-state index is -2.71. The number of anilines is 1. The second kappa shape index (κ2) is 7.27. The van der Waals surface area contributed by atoms with E-state index in [1.807, 2.05) is 19.9 Å². The summed E-state index contributed by atoms with van der Waals surface area (Å²) in [5, 5.41) is 21.1. The molecule has 8 nitrogen and oxygen atoms in total. The third kappa shape index (κ3) is 3.50. The standard InChI is InChI=1S/C19H16F2N8/c1-11(2)27-16-4-17(23-9-15(16)14-8-25-28(10-14)19(20)21)29-18-13(7-26-29)3-12(5-22)6-24-18/h3-4,6-11,19H,1-2H3,(H,23,27). The topological polar surface area (TPSA) is 97.2 Å². The van der Waals surface area contributed by atoms with Gasteiger partial charge in [-0.05, 0) is 19.9 Å². The van der Waals surface area contributed by atoms with Crippen LogP contribution in [0.3, 0.4) is 0 Å². The molecule has 0 aliphatic carbocycles. The van der Waals surface area contributed by atoms with Crippen LogP contribution in [-0.2, 0) is 0 Å². The Morgan fingerprint density at radius 1 is 1.07 bits per heavy atom. The molecule has 4 rings (SSSR count). The number of pyridine rings is 2. The van der Waals surface area contributed by atoms with E-state index in [0.29, 0.717) is 43.9 Å². The fraction of sp³-hybridized carbons (Fsp3) is 0.211. The van der Waals surface area contributed by atoms with Crippen molar-refractivity contribution >= 4 is 16.7 Å². The van der Waals surface area contributed by atoms with Crippen molar-refractivity contribution in [3.05, 3.63) is 48.7 Å². The van der Waals surface area contributed by atoms with Crippen molar-refractivity contribution in [1.82, 2.24) is 29.5 Å². The van der Waals surface area contributed by atoms with E-state index in [-0.39, 0.29) is 6.04 Å². The van der Waals surface area contributed by atoms with Crippen LogP contribution in [0.5, 0.6) is 0 Å². The first kappa shape index (κ1) is 18.5. The van der Waals surface area contributed by atoms with Crippen molar-refractivity contribution in [3.63, 3.8) is 0 Å². The van der Waals surface area contributed by atoms with Crippen LogP contribution in [0.1, 0.15) is 26.0 Å². The highest BCUT2D eigenvalue weighted by Crippen LogP contribution is 2.30. The average Bonchev–Trinajstić information content (AvgIpc) is 3.34. The number of nitriles is 1. The summed E-state index contributed by atoms with van der Waals surface area (Å²) in [4.78, 5) is 8.75. The largest absolute Gasteiger partial charge is 0.382 e. The summed E-state index contributed by atoms with van der Waals surface area (Å²) in [6.07, 6.45) is 7.33. The van der Waals surface area contributed by atoms with Gasteiger partial charge in [0.25, 0.3) is 0 Å². The van der Waals surface area contributed by atoms with E-state index in [0.717, 1.165) is 0 Å². The van der Waals surface area contributed by atoms with Crippen LogP contribution in [0, 0.1) is 11.3 Å². The van der Waals surface area contributed by atoms with Crippen molar-refractivity contribution in [2.45, 2.75) is 26.4 Å². The Balaban J connectivity index is 1.81. The molecule has 0 saturated carbocycles. The molecule has 0 bridgehead atoms. The predicted octanol–water partition coefficient (Wildman–Crippen LogP) is 3.77. The summed E-state index contributed by atoms with van der Waals surface area (Å²) < 4.78 is 27.9. The number of halogens is 2. The number of rotatable bonds is 5. The van der Waals surface area contributed by atoms with Gasteiger partial charge in [0.2, 0.25) is 0 Å². The fourth-order valence-electron chi connectivity index (χ4n) is 2.95. The first-order valence-corrected chi connectivity index (χ1v) is 8.80. The molecule has 0 radical (unpaired) electrons. The van der Waals surface area contributed by atoms with Gasteiger partial charge in [-0.2, -0.15) is 28.9 Å². The van der Waals surface area contributed by atoms with Gasteiger partial charge in [-0.25, -0.2) is 14.6 Å². The van der Waals surface area contributed by atoms with Crippen LogP contribution in [0.15, 0.2) is 43.1 Å². The van der Waals surface area contributed by atoms with Crippen molar-refractivity contribution in [2.24, 2.45) is 0 Å². The number of aromatic nitrogens is 6. The molecule has 29 heavy (non-hydrogen) atoms. The molecule has 0 aliphatic rings. The lowest BCUT2D eigenvalue weighted by atomic mass is 10.1. The van der Waals surface area contributed by atoms with Gasteiger partial charge in [-0.1, -0.05) is 0 Å². The molecule has 0 fully saturated rings. The van der Waals surface area contributed by atoms with Gasteiger partial charge in [0, 0.05) is 52.9 Å². The van der Waals surface area contributed by atoms with E-state index in [9.17, 15) is 8.78 Å². The van der Waals surface area contributed by atoms with E-state index in [2.05, 4.69) is 25.5 Å². The molecule has 0 saturated heterocycles. The van der Waals surface area contributed by atoms with E-state index < -0.39 is 6.55 Å². The first-order chi connectivity index (χ1) is 14.0. The van der Waals surface area contributed by atoms with E-state index >= 15 is 0 Å². The Labute approximate surface area is 164 Å². The van der Waals surface area contributed by atoms with Gasteiger partial charge in [-0.3, -0.25) is 0 Å². The molecule has 0 aromatic carbocycles. The normalized spacial score (nSPS) is 11.3. The highest BCUT2D eigenvalue weighted by molar-refractivity contribution is 5.80. The molecular weight excluding hydrogens is 378 g/mol. The Morgan fingerprint density at radius 3 is 2.59 bits per heavy atom. The summed E-state index contributed by atoms with van der Waals surface area (Å²) >= 11 is 0. The summed E-state index contributed by atoms with van der Waals surface area (Å²) in [5.74, 6) is 0.505. The molecular formula is C19H16F2N8. The maximum Gasteiger partial charge on any atom is 0.333 e. The highest BCUT2D eigenvalue weighted by atomic mass is 19.3. The van der Waals surface area contributed by atoms with Crippen LogP contribution < -0.4 is 5.32 Å². The second-order valence-corrected chi connectivity index (χ2v) is 6.68. The minimum Gasteiger partial charge on any atom is -0.382 e. The molecule has 0 atom stereocenters. The number of hydrogen-bond acceptors (Lipinski definition) is 6. The Kier molecular flexibility index (Phi) is 4.64. The molecule has 4 heterocycles. The number of fused-ring (bicyclic) bond motifs is 1. The van der Waals surface area contributed by atoms with Crippen molar-refractivity contribution in [1.29, 1.82) is 5.26 Å². The molecule has 0 spiro atoms. The Hall–Kier alpha value is -3.87. The smallest absolute Gasteiger partial charge is 0.333 e. The van der Waals surface area contributed by atoms with Crippen molar-refractivity contribution in [3.8, 4) is 23.0 Å². The second-order valence-electron chi connectivity index (χ2n) is 6.68. The van der Waals surface area contributed by atoms with E-state index in [4.69, 9.17) is 5.26 Å². The Morgan fingerprint density at radius 2 is 1.90 bits per heavy atom. The Bertz CT molecular complexity index is 1220. The number of alkyl halides is 2. The lowest BCUT2D eigenvalue weighted by molar-refractivity contribution is 0.0566. The monoisotopic (exact) mass is 394 g/mol. The molecule has 4 aromatic rings. The predicted molar refractivity (Wildman–Crippen MR) is 103 cm³/mol. The molecule has 10 heteroatoms. The highest BCUT2D eigenvalue weighted by Gasteiger charge is 2.16. The van der Waals surface area contributed by atoms with Gasteiger partial charge in [0.1, 0.15) is 6.07 Å². The van der Waals surface area contributed by atoms with Crippen LogP contribution >= 0.6 is 0 Å². The lowest BCUT2D eigenvalue weighted by Gasteiger charge is -2.15. The molecule has 0 aliphatic heterocycles. The van der Waals surface area contributed by atoms with Crippen molar-refractivity contribution < 1.29 is 8.78 Å².